The van der Waals surface area contributed by atoms with Gasteiger partial charge in [0.2, 0.25) is 0 Å². The van der Waals surface area contributed by atoms with Crippen LogP contribution in [0.25, 0.3) is 0 Å². The average molecular weight is 198 g/mol. The molecule has 1 unspecified atom stereocenters. The third kappa shape index (κ3) is 2.53. The van der Waals surface area contributed by atoms with Crippen LogP contribution < -0.4 is 5.32 Å². The summed E-state index contributed by atoms with van der Waals surface area (Å²) in [5, 5.41) is 10.5. The first kappa shape index (κ1) is 10.6. The van der Waals surface area contributed by atoms with Crippen molar-refractivity contribution in [2.75, 3.05) is 14.2 Å². The highest BCUT2D eigenvalue weighted by Gasteiger charge is 2.11. The van der Waals surface area contributed by atoms with Gasteiger partial charge in [0.25, 0.3) is 0 Å². The molecule has 0 spiro atoms. The van der Waals surface area contributed by atoms with Gasteiger partial charge in [-0.2, -0.15) is 0 Å². The van der Waals surface area contributed by atoms with Crippen molar-refractivity contribution in [2.45, 2.75) is 19.5 Å². The number of methoxy groups -OCH3 is 1. The van der Waals surface area contributed by atoms with Crippen molar-refractivity contribution in [3.63, 3.8) is 0 Å². The summed E-state index contributed by atoms with van der Waals surface area (Å²) in [6, 6.07) is 0.280. The zero-order chi connectivity index (χ0) is 10.6. The van der Waals surface area contributed by atoms with E-state index < -0.39 is 5.97 Å². The van der Waals surface area contributed by atoms with Crippen LogP contribution in [0.1, 0.15) is 17.4 Å². The third-order valence-corrected chi connectivity index (χ3v) is 1.89. The van der Waals surface area contributed by atoms with Crippen LogP contribution in [0.15, 0.2) is 6.20 Å². The molecule has 78 valence electrons. The van der Waals surface area contributed by atoms with Gasteiger partial charge in [-0.1, -0.05) is 5.21 Å². The van der Waals surface area contributed by atoms with Crippen LogP contribution >= 0.6 is 0 Å². The Morgan fingerprint density at radius 3 is 3.07 bits per heavy atom. The summed E-state index contributed by atoms with van der Waals surface area (Å²) >= 11 is 0. The molecule has 0 aliphatic carbocycles. The van der Waals surface area contributed by atoms with E-state index in [1.54, 1.807) is 10.9 Å². The van der Waals surface area contributed by atoms with Crippen molar-refractivity contribution < 1.29 is 9.53 Å². The van der Waals surface area contributed by atoms with E-state index in [1.165, 1.54) is 7.11 Å². The van der Waals surface area contributed by atoms with Crippen LogP contribution in [0.3, 0.4) is 0 Å². The molecule has 0 fully saturated rings. The van der Waals surface area contributed by atoms with E-state index >= 15 is 0 Å². The topological polar surface area (TPSA) is 69.0 Å². The standard InChI is InChI=1S/C8H14N4O2/c1-6(9-2)4-12-5-7(10-11-12)8(13)14-3/h5-6,9H,4H2,1-3H3. The molecule has 1 aromatic rings. The van der Waals surface area contributed by atoms with Gasteiger partial charge in [0, 0.05) is 6.04 Å². The van der Waals surface area contributed by atoms with Gasteiger partial charge in [-0.15, -0.1) is 5.10 Å². The lowest BCUT2D eigenvalue weighted by atomic mass is 10.3. The Morgan fingerprint density at radius 2 is 2.50 bits per heavy atom. The fourth-order valence-corrected chi connectivity index (χ4v) is 0.958. The molecular formula is C8H14N4O2. The smallest absolute Gasteiger partial charge is 0.360 e. The maximum Gasteiger partial charge on any atom is 0.360 e. The molecule has 1 heterocycles. The van der Waals surface area contributed by atoms with Gasteiger partial charge >= 0.3 is 5.97 Å². The van der Waals surface area contributed by atoms with E-state index in [9.17, 15) is 4.79 Å². The lowest BCUT2D eigenvalue weighted by Crippen LogP contribution is -2.26. The summed E-state index contributed by atoms with van der Waals surface area (Å²) in [7, 11) is 3.18. The predicted octanol–water partition coefficient (Wildman–Crippen LogP) is -0.327. The molecular weight excluding hydrogens is 184 g/mol. The van der Waals surface area contributed by atoms with Crippen molar-refractivity contribution in [2.24, 2.45) is 0 Å². The van der Waals surface area contributed by atoms with E-state index in [1.807, 2.05) is 14.0 Å². The Kier molecular flexibility index (Phi) is 3.58. The van der Waals surface area contributed by atoms with E-state index in [4.69, 9.17) is 0 Å². The van der Waals surface area contributed by atoms with Crippen LogP contribution in [0.4, 0.5) is 0 Å². The second-order valence-electron chi connectivity index (χ2n) is 3.01. The number of hydrogen-bond donors (Lipinski definition) is 1. The fraction of sp³-hybridized carbons (Fsp3) is 0.625. The van der Waals surface area contributed by atoms with Crippen LogP contribution in [0.2, 0.25) is 0 Å². The summed E-state index contributed by atoms with van der Waals surface area (Å²) in [4.78, 5) is 11.0. The molecule has 0 amide bonds. The molecule has 6 heteroatoms. The number of nitrogens with zero attached hydrogens (tertiary/aromatic N) is 3. The van der Waals surface area contributed by atoms with Crippen LogP contribution in [-0.2, 0) is 11.3 Å². The van der Waals surface area contributed by atoms with Crippen LogP contribution in [0.5, 0.6) is 0 Å². The minimum atomic E-state index is -0.464. The Hall–Kier alpha value is -1.43. The molecule has 0 radical (unpaired) electrons. The highest BCUT2D eigenvalue weighted by Crippen LogP contribution is 1.96. The summed E-state index contributed by atoms with van der Waals surface area (Å²) in [6.45, 7) is 2.68. The SMILES string of the molecule is CNC(C)Cn1cc(C(=O)OC)nn1. The van der Waals surface area contributed by atoms with Gasteiger partial charge in [0.05, 0.1) is 19.9 Å². The fourth-order valence-electron chi connectivity index (χ4n) is 0.958. The number of esters is 1. The number of hydrogen-bond acceptors (Lipinski definition) is 5. The van der Waals surface area contributed by atoms with Crippen molar-refractivity contribution in [1.82, 2.24) is 20.3 Å². The van der Waals surface area contributed by atoms with Crippen molar-refractivity contribution in [3.05, 3.63) is 11.9 Å². The summed E-state index contributed by atoms with van der Waals surface area (Å²) in [6.07, 6.45) is 1.57. The first-order chi connectivity index (χ1) is 6.67. The second-order valence-corrected chi connectivity index (χ2v) is 3.01. The molecule has 0 saturated carbocycles. The number of ether oxygens (including phenoxy) is 1. The van der Waals surface area contributed by atoms with Crippen molar-refractivity contribution in [3.8, 4) is 0 Å². The first-order valence-electron chi connectivity index (χ1n) is 4.33. The molecule has 6 nitrogen and oxygen atoms in total. The van der Waals surface area contributed by atoms with E-state index in [2.05, 4.69) is 20.4 Å². The van der Waals surface area contributed by atoms with Crippen molar-refractivity contribution in [1.29, 1.82) is 0 Å². The normalized spacial score (nSPS) is 12.5. The first-order valence-corrected chi connectivity index (χ1v) is 4.33. The maximum atomic E-state index is 11.0. The number of likely N-dealkylation sites (N-methyl/N-ethyl adjacent to an activating group) is 1. The zero-order valence-corrected chi connectivity index (χ0v) is 8.52. The van der Waals surface area contributed by atoms with Crippen LogP contribution in [-0.4, -0.2) is 41.2 Å². The molecule has 1 atom stereocenters. The molecule has 0 bridgehead atoms. The molecule has 14 heavy (non-hydrogen) atoms. The quantitative estimate of drug-likeness (QED) is 0.671. The Labute approximate surface area is 82.2 Å². The average Bonchev–Trinajstić information content (AvgIpc) is 2.65. The second kappa shape index (κ2) is 4.71. The summed E-state index contributed by atoms with van der Waals surface area (Å²) in [5.74, 6) is -0.464. The molecule has 1 aromatic heterocycles. The minimum Gasteiger partial charge on any atom is -0.464 e. The monoisotopic (exact) mass is 198 g/mol. The molecule has 1 N–H and O–H groups in total. The van der Waals surface area contributed by atoms with Gasteiger partial charge in [-0.25, -0.2) is 4.79 Å². The number of rotatable bonds is 4. The third-order valence-electron chi connectivity index (χ3n) is 1.89. The number of carbonyl (C=O) groups is 1. The Morgan fingerprint density at radius 1 is 1.79 bits per heavy atom. The van der Waals surface area contributed by atoms with Gasteiger partial charge < -0.3 is 10.1 Å². The molecule has 0 aliphatic rings. The summed E-state index contributed by atoms with van der Waals surface area (Å²) < 4.78 is 6.12. The number of carbonyl (C=O) groups excluding carboxylic acids is 1. The summed E-state index contributed by atoms with van der Waals surface area (Å²) in [5.41, 5.74) is 0.232. The largest absolute Gasteiger partial charge is 0.464 e. The highest BCUT2D eigenvalue weighted by atomic mass is 16.5. The molecule has 0 aromatic carbocycles. The Bertz CT molecular complexity index is 310. The minimum absolute atomic E-state index is 0.232. The number of nitrogens with one attached hydrogen (secondary N) is 1. The molecule has 1 rings (SSSR count). The van der Waals surface area contributed by atoms with Crippen molar-refractivity contribution >= 4 is 5.97 Å². The van der Waals surface area contributed by atoms with E-state index in [-0.39, 0.29) is 11.7 Å². The lowest BCUT2D eigenvalue weighted by Gasteiger charge is -2.08. The van der Waals surface area contributed by atoms with Gasteiger partial charge in [0.15, 0.2) is 5.69 Å². The zero-order valence-electron chi connectivity index (χ0n) is 8.52. The molecule has 0 saturated heterocycles. The highest BCUT2D eigenvalue weighted by molar-refractivity contribution is 5.86. The van der Waals surface area contributed by atoms with Crippen LogP contribution in [0, 0.1) is 0 Å². The van der Waals surface area contributed by atoms with Gasteiger partial charge in [-0.3, -0.25) is 4.68 Å². The van der Waals surface area contributed by atoms with Gasteiger partial charge in [-0.05, 0) is 14.0 Å². The maximum absolute atomic E-state index is 11.0. The Balaban J connectivity index is 2.63. The van der Waals surface area contributed by atoms with E-state index in [0.29, 0.717) is 6.54 Å². The molecule has 0 aliphatic heterocycles. The predicted molar refractivity (Wildman–Crippen MR) is 49.9 cm³/mol. The van der Waals surface area contributed by atoms with E-state index in [0.717, 1.165) is 0 Å². The number of aromatic nitrogens is 3. The van der Waals surface area contributed by atoms with Gasteiger partial charge in [0.1, 0.15) is 0 Å². The lowest BCUT2D eigenvalue weighted by molar-refractivity contribution is 0.0594.